The van der Waals surface area contributed by atoms with Gasteiger partial charge in [-0.25, -0.2) is 4.79 Å². The number of benzene rings is 1. The minimum Gasteiger partial charge on any atom is -0.385 e. The maximum atomic E-state index is 13.2. The van der Waals surface area contributed by atoms with Gasteiger partial charge in [0.05, 0.1) is 6.54 Å². The van der Waals surface area contributed by atoms with Gasteiger partial charge in [0.25, 0.3) is 0 Å². The Bertz CT molecular complexity index is 904. The van der Waals surface area contributed by atoms with Gasteiger partial charge in [-0.1, -0.05) is 12.1 Å². The molecule has 0 bridgehead atoms. The van der Waals surface area contributed by atoms with Gasteiger partial charge in [0.1, 0.15) is 6.54 Å². The van der Waals surface area contributed by atoms with Crippen LogP contribution in [-0.2, 0) is 23.1 Å². The molecule has 0 aliphatic heterocycles. The van der Waals surface area contributed by atoms with Crippen molar-refractivity contribution in [3.8, 4) is 0 Å². The Morgan fingerprint density at radius 1 is 1.19 bits per heavy atom. The summed E-state index contributed by atoms with van der Waals surface area (Å²) < 4.78 is 7.19. The number of methoxy groups -OCH3 is 1. The fourth-order valence-corrected chi connectivity index (χ4v) is 3.63. The van der Waals surface area contributed by atoms with Gasteiger partial charge in [0.2, 0.25) is 5.91 Å². The van der Waals surface area contributed by atoms with E-state index in [9.17, 15) is 9.59 Å². The van der Waals surface area contributed by atoms with Crippen LogP contribution in [0.15, 0.2) is 36.5 Å². The van der Waals surface area contributed by atoms with Crippen LogP contribution in [-0.4, -0.2) is 59.2 Å². The fourth-order valence-electron chi connectivity index (χ4n) is 3.63. The van der Waals surface area contributed by atoms with E-state index in [2.05, 4.69) is 5.32 Å². The summed E-state index contributed by atoms with van der Waals surface area (Å²) in [4.78, 5) is 29.9. The molecule has 0 atom stereocenters. The Morgan fingerprint density at radius 3 is 2.61 bits per heavy atom. The van der Waals surface area contributed by atoms with E-state index in [1.807, 2.05) is 66.9 Å². The Kier molecular flexibility index (Phi) is 7.74. The molecule has 1 aromatic carbocycles. The molecule has 31 heavy (non-hydrogen) atoms. The highest BCUT2D eigenvalue weighted by atomic mass is 16.5. The Morgan fingerprint density at radius 2 is 1.97 bits per heavy atom. The van der Waals surface area contributed by atoms with E-state index in [4.69, 9.17) is 4.74 Å². The third-order valence-electron chi connectivity index (χ3n) is 5.93. The number of urea groups is 1. The van der Waals surface area contributed by atoms with Crippen molar-refractivity contribution in [3.05, 3.63) is 53.3 Å². The predicted octanol–water partition coefficient (Wildman–Crippen LogP) is 3.70. The molecular weight excluding hydrogens is 392 g/mol. The summed E-state index contributed by atoms with van der Waals surface area (Å²) in [6.45, 7) is 5.62. The van der Waals surface area contributed by atoms with Gasteiger partial charge in [-0.3, -0.25) is 4.79 Å². The van der Waals surface area contributed by atoms with Gasteiger partial charge in [-0.15, -0.1) is 0 Å². The monoisotopic (exact) mass is 426 g/mol. The lowest BCUT2D eigenvalue weighted by Gasteiger charge is -2.28. The SMILES string of the molecule is COCCCN(CC(=O)N(Cc1cccn1C)C1CC1)C(=O)Nc1cccc(C)c1C. The molecule has 2 aromatic rings. The van der Waals surface area contributed by atoms with E-state index >= 15 is 0 Å². The maximum absolute atomic E-state index is 13.2. The minimum atomic E-state index is -0.257. The summed E-state index contributed by atoms with van der Waals surface area (Å²) in [6, 6.07) is 9.86. The number of rotatable bonds is 10. The first kappa shape index (κ1) is 22.9. The number of anilines is 1. The first-order chi connectivity index (χ1) is 14.9. The number of hydrogen-bond acceptors (Lipinski definition) is 3. The Labute approximate surface area is 185 Å². The van der Waals surface area contributed by atoms with E-state index in [0.717, 1.165) is 35.3 Å². The number of carbonyl (C=O) groups is 2. The van der Waals surface area contributed by atoms with Crippen LogP contribution >= 0.6 is 0 Å². The van der Waals surface area contributed by atoms with E-state index in [0.29, 0.717) is 26.1 Å². The summed E-state index contributed by atoms with van der Waals surface area (Å²) in [7, 11) is 3.62. The Hall–Kier alpha value is -2.80. The molecule has 1 N–H and O–H groups in total. The lowest BCUT2D eigenvalue weighted by Crippen LogP contribution is -2.45. The van der Waals surface area contributed by atoms with Crippen LogP contribution in [0, 0.1) is 13.8 Å². The van der Waals surface area contributed by atoms with Crippen molar-refractivity contribution in [1.29, 1.82) is 0 Å². The molecule has 3 rings (SSSR count). The smallest absolute Gasteiger partial charge is 0.322 e. The second kappa shape index (κ2) is 10.5. The highest BCUT2D eigenvalue weighted by molar-refractivity contribution is 5.93. The molecule has 0 radical (unpaired) electrons. The number of ether oxygens (including phenoxy) is 1. The molecule has 1 heterocycles. The molecule has 1 aliphatic carbocycles. The van der Waals surface area contributed by atoms with Crippen molar-refractivity contribution < 1.29 is 14.3 Å². The van der Waals surface area contributed by atoms with E-state index in [1.165, 1.54) is 0 Å². The average molecular weight is 427 g/mol. The van der Waals surface area contributed by atoms with Crippen LogP contribution < -0.4 is 5.32 Å². The molecule has 3 amide bonds. The quantitative estimate of drug-likeness (QED) is 0.589. The molecule has 1 fully saturated rings. The van der Waals surface area contributed by atoms with Gasteiger partial charge in [0.15, 0.2) is 0 Å². The van der Waals surface area contributed by atoms with Crippen molar-refractivity contribution in [2.24, 2.45) is 7.05 Å². The van der Waals surface area contributed by atoms with Gasteiger partial charge >= 0.3 is 6.03 Å². The van der Waals surface area contributed by atoms with Crippen molar-refractivity contribution >= 4 is 17.6 Å². The van der Waals surface area contributed by atoms with Gasteiger partial charge < -0.3 is 24.4 Å². The first-order valence-electron chi connectivity index (χ1n) is 10.9. The zero-order chi connectivity index (χ0) is 22.4. The van der Waals surface area contributed by atoms with Crippen LogP contribution in [0.1, 0.15) is 36.1 Å². The van der Waals surface area contributed by atoms with Crippen LogP contribution in [0.25, 0.3) is 0 Å². The van der Waals surface area contributed by atoms with Crippen molar-refractivity contribution in [2.75, 3.05) is 32.1 Å². The maximum Gasteiger partial charge on any atom is 0.322 e. The molecule has 168 valence electrons. The number of nitrogens with zero attached hydrogens (tertiary/aromatic N) is 3. The van der Waals surface area contributed by atoms with Crippen LogP contribution in [0.3, 0.4) is 0 Å². The first-order valence-corrected chi connectivity index (χ1v) is 10.9. The van der Waals surface area contributed by atoms with Gasteiger partial charge in [-0.05, 0) is 62.4 Å². The molecule has 7 nitrogen and oxygen atoms in total. The summed E-state index contributed by atoms with van der Waals surface area (Å²) in [5, 5.41) is 2.99. The van der Waals surface area contributed by atoms with Crippen molar-refractivity contribution in [1.82, 2.24) is 14.4 Å². The van der Waals surface area contributed by atoms with Crippen molar-refractivity contribution in [2.45, 2.75) is 45.7 Å². The highest BCUT2D eigenvalue weighted by Crippen LogP contribution is 2.28. The normalized spacial score (nSPS) is 13.2. The molecular formula is C24H34N4O3. The van der Waals surface area contributed by atoms with Crippen LogP contribution in [0.4, 0.5) is 10.5 Å². The Balaban J connectivity index is 1.71. The van der Waals surface area contributed by atoms with E-state index in [-0.39, 0.29) is 24.5 Å². The molecule has 7 heteroatoms. The summed E-state index contributed by atoms with van der Waals surface area (Å²) in [6.07, 6.45) is 4.70. The zero-order valence-electron chi connectivity index (χ0n) is 19.1. The number of hydrogen-bond donors (Lipinski definition) is 1. The predicted molar refractivity (Wildman–Crippen MR) is 122 cm³/mol. The zero-order valence-corrected chi connectivity index (χ0v) is 19.1. The molecule has 1 saturated carbocycles. The molecule has 0 unspecified atom stereocenters. The van der Waals surface area contributed by atoms with E-state index < -0.39 is 0 Å². The van der Waals surface area contributed by atoms with Crippen molar-refractivity contribution in [3.63, 3.8) is 0 Å². The average Bonchev–Trinajstić information content (AvgIpc) is 3.50. The molecule has 0 spiro atoms. The lowest BCUT2D eigenvalue weighted by molar-refractivity contribution is -0.133. The lowest BCUT2D eigenvalue weighted by atomic mass is 10.1. The summed E-state index contributed by atoms with van der Waals surface area (Å²) in [5.74, 6) is -0.0165. The largest absolute Gasteiger partial charge is 0.385 e. The second-order valence-electron chi connectivity index (χ2n) is 8.31. The van der Waals surface area contributed by atoms with Gasteiger partial charge in [0, 0.05) is 50.9 Å². The van der Waals surface area contributed by atoms with Gasteiger partial charge in [-0.2, -0.15) is 0 Å². The van der Waals surface area contributed by atoms with Crippen LogP contribution in [0.5, 0.6) is 0 Å². The number of aromatic nitrogens is 1. The van der Waals surface area contributed by atoms with Crippen LogP contribution in [0.2, 0.25) is 0 Å². The second-order valence-corrected chi connectivity index (χ2v) is 8.31. The summed E-state index contributed by atoms with van der Waals surface area (Å²) >= 11 is 0. The fraction of sp³-hybridized carbons (Fsp3) is 0.500. The minimum absolute atomic E-state index is 0.0165. The number of amides is 3. The summed E-state index contributed by atoms with van der Waals surface area (Å²) in [5.41, 5.74) is 4.01. The molecule has 0 saturated heterocycles. The third kappa shape index (κ3) is 6.10. The topological polar surface area (TPSA) is 66.8 Å². The third-order valence-corrected chi connectivity index (χ3v) is 5.93. The number of nitrogens with one attached hydrogen (secondary N) is 1. The number of aryl methyl sites for hydroxylation is 2. The highest BCUT2D eigenvalue weighted by Gasteiger charge is 2.34. The molecule has 1 aromatic heterocycles. The number of carbonyl (C=O) groups excluding carboxylic acids is 2. The standard InChI is InChI=1S/C24H34N4O3/c1-18-8-5-10-22(19(18)2)25-24(30)27(14-7-15-31-4)17-23(29)28(20-11-12-20)16-21-9-6-13-26(21)3/h5-6,8-10,13,20H,7,11-12,14-17H2,1-4H3,(H,25,30). The van der Waals surface area contributed by atoms with E-state index in [1.54, 1.807) is 12.0 Å². The molecule has 1 aliphatic rings.